The zero-order chi connectivity index (χ0) is 27.2. The first-order valence-corrected chi connectivity index (χ1v) is 13.5. The van der Waals surface area contributed by atoms with Gasteiger partial charge in [-0.1, -0.05) is 0 Å². The van der Waals surface area contributed by atoms with E-state index < -0.39 is 38.0 Å². The summed E-state index contributed by atoms with van der Waals surface area (Å²) in [5, 5.41) is 12.9. The van der Waals surface area contributed by atoms with Gasteiger partial charge in [0.15, 0.2) is 5.82 Å². The number of amides is 1. The first-order valence-electron chi connectivity index (χ1n) is 12.0. The summed E-state index contributed by atoms with van der Waals surface area (Å²) in [6, 6.07) is 7.65. The molecule has 5 rings (SSSR count). The Morgan fingerprint density at radius 2 is 1.79 bits per heavy atom. The Kier molecular flexibility index (Phi) is 6.61. The number of ether oxygens (including phenoxy) is 1. The van der Waals surface area contributed by atoms with E-state index in [2.05, 4.69) is 25.7 Å². The third kappa shape index (κ3) is 4.50. The van der Waals surface area contributed by atoms with E-state index in [4.69, 9.17) is 4.74 Å². The number of hydrogen-bond donors (Lipinski definition) is 3. The molecule has 13 heteroatoms. The molecule has 3 aromatic rings. The SMILES string of the molecule is CNc1cc(N2CCOCC2)ccc1C(=O)Nc1n[nH]c2c1CN(S(=O)(=O)c1cc(F)cc(F)c1)C2(C)C. The summed E-state index contributed by atoms with van der Waals surface area (Å²) >= 11 is 0. The van der Waals surface area contributed by atoms with Gasteiger partial charge in [0, 0.05) is 49.7 Å². The summed E-state index contributed by atoms with van der Waals surface area (Å²) in [5.41, 5.74) is 1.80. The maximum absolute atomic E-state index is 13.8. The van der Waals surface area contributed by atoms with Crippen molar-refractivity contribution in [3.8, 4) is 0 Å². The van der Waals surface area contributed by atoms with Crippen LogP contribution in [0.4, 0.5) is 26.0 Å². The number of benzene rings is 2. The number of rotatable bonds is 6. The third-order valence-corrected chi connectivity index (χ3v) is 8.95. The minimum absolute atomic E-state index is 0.149. The number of anilines is 3. The summed E-state index contributed by atoms with van der Waals surface area (Å²) in [4.78, 5) is 14.9. The monoisotopic (exact) mass is 546 g/mol. The van der Waals surface area contributed by atoms with Gasteiger partial charge in [0.05, 0.1) is 34.9 Å². The molecule has 0 aliphatic carbocycles. The average molecular weight is 547 g/mol. The molecule has 0 spiro atoms. The molecule has 3 heterocycles. The lowest BCUT2D eigenvalue weighted by molar-refractivity contribution is 0.102. The van der Waals surface area contributed by atoms with Crippen molar-refractivity contribution in [2.24, 2.45) is 0 Å². The summed E-state index contributed by atoms with van der Waals surface area (Å²) in [5.74, 6) is -2.23. The smallest absolute Gasteiger partial charge is 0.258 e. The van der Waals surface area contributed by atoms with E-state index in [0.29, 0.717) is 41.8 Å². The van der Waals surface area contributed by atoms with Crippen LogP contribution in [0.2, 0.25) is 0 Å². The normalized spacial score (nSPS) is 17.3. The van der Waals surface area contributed by atoms with Crippen LogP contribution in [0, 0.1) is 11.6 Å². The van der Waals surface area contributed by atoms with Crippen molar-refractivity contribution < 1.29 is 26.7 Å². The molecule has 2 aliphatic heterocycles. The van der Waals surface area contributed by atoms with Crippen molar-refractivity contribution in [2.75, 3.05) is 48.9 Å². The minimum Gasteiger partial charge on any atom is -0.387 e. The summed E-state index contributed by atoms with van der Waals surface area (Å²) < 4.78 is 60.9. The van der Waals surface area contributed by atoms with Crippen LogP contribution >= 0.6 is 0 Å². The third-order valence-electron chi connectivity index (χ3n) is 6.95. The van der Waals surface area contributed by atoms with Crippen molar-refractivity contribution >= 4 is 33.1 Å². The van der Waals surface area contributed by atoms with Crippen LogP contribution in [-0.4, -0.2) is 62.2 Å². The Labute approximate surface area is 219 Å². The number of nitrogens with one attached hydrogen (secondary N) is 3. The van der Waals surface area contributed by atoms with Crippen LogP contribution in [0.3, 0.4) is 0 Å². The number of sulfonamides is 1. The number of nitrogens with zero attached hydrogens (tertiary/aromatic N) is 3. The number of H-pyrrole nitrogens is 1. The Morgan fingerprint density at radius 1 is 1.11 bits per heavy atom. The molecule has 1 aromatic heterocycles. The lowest BCUT2D eigenvalue weighted by Crippen LogP contribution is -2.40. The van der Waals surface area contributed by atoms with Gasteiger partial charge in [-0.15, -0.1) is 0 Å². The summed E-state index contributed by atoms with van der Waals surface area (Å²) in [6.45, 7) is 5.94. The molecule has 2 aromatic carbocycles. The molecule has 0 saturated carbocycles. The highest BCUT2D eigenvalue weighted by Crippen LogP contribution is 2.44. The number of halogens is 2. The lowest BCUT2D eigenvalue weighted by Gasteiger charge is -2.30. The molecule has 0 bridgehead atoms. The molecular formula is C25H28F2N6O4S. The van der Waals surface area contributed by atoms with Crippen molar-refractivity contribution in [3.05, 3.63) is 64.9 Å². The molecule has 10 nitrogen and oxygen atoms in total. The Bertz CT molecular complexity index is 1480. The van der Waals surface area contributed by atoms with Gasteiger partial charge in [-0.05, 0) is 44.2 Å². The first kappa shape index (κ1) is 26.1. The predicted molar refractivity (Wildman–Crippen MR) is 138 cm³/mol. The van der Waals surface area contributed by atoms with E-state index in [9.17, 15) is 22.0 Å². The summed E-state index contributed by atoms with van der Waals surface area (Å²) in [7, 11) is -2.56. The minimum atomic E-state index is -4.28. The van der Waals surface area contributed by atoms with E-state index in [1.54, 1.807) is 27.0 Å². The quantitative estimate of drug-likeness (QED) is 0.434. The van der Waals surface area contributed by atoms with Crippen molar-refractivity contribution in [2.45, 2.75) is 30.8 Å². The molecule has 0 unspecified atom stereocenters. The van der Waals surface area contributed by atoms with Crippen LogP contribution in [0.1, 0.15) is 35.5 Å². The molecule has 3 N–H and O–H groups in total. The maximum Gasteiger partial charge on any atom is 0.258 e. The van der Waals surface area contributed by atoms with Gasteiger partial charge in [0.2, 0.25) is 10.0 Å². The summed E-state index contributed by atoms with van der Waals surface area (Å²) in [6.07, 6.45) is 0. The molecular weight excluding hydrogens is 518 g/mol. The van der Waals surface area contributed by atoms with Gasteiger partial charge < -0.3 is 20.3 Å². The molecule has 2 aliphatic rings. The number of aromatic nitrogens is 2. The topological polar surface area (TPSA) is 120 Å². The number of carbonyl (C=O) groups is 1. The Balaban J connectivity index is 1.40. The Morgan fingerprint density at radius 3 is 2.45 bits per heavy atom. The van der Waals surface area contributed by atoms with Gasteiger partial charge in [-0.25, -0.2) is 17.2 Å². The molecule has 0 atom stereocenters. The number of carbonyl (C=O) groups excluding carboxylic acids is 1. The van der Waals surface area contributed by atoms with Crippen LogP contribution in [0.5, 0.6) is 0 Å². The van der Waals surface area contributed by atoms with Gasteiger partial charge in [-0.3, -0.25) is 9.89 Å². The molecule has 202 valence electrons. The zero-order valence-corrected chi connectivity index (χ0v) is 22.0. The van der Waals surface area contributed by atoms with Crippen molar-refractivity contribution in [3.63, 3.8) is 0 Å². The Hall–Kier alpha value is -3.55. The zero-order valence-electron chi connectivity index (χ0n) is 21.1. The van der Waals surface area contributed by atoms with E-state index in [-0.39, 0.29) is 12.4 Å². The van der Waals surface area contributed by atoms with E-state index in [1.165, 1.54) is 0 Å². The maximum atomic E-state index is 13.8. The molecule has 0 radical (unpaired) electrons. The average Bonchev–Trinajstić information content (AvgIpc) is 3.41. The van der Waals surface area contributed by atoms with Crippen LogP contribution in [0.15, 0.2) is 41.3 Å². The number of fused-ring (bicyclic) bond motifs is 1. The highest BCUT2D eigenvalue weighted by atomic mass is 32.2. The van der Waals surface area contributed by atoms with E-state index in [1.807, 2.05) is 12.1 Å². The van der Waals surface area contributed by atoms with Gasteiger partial charge in [0.1, 0.15) is 11.6 Å². The second-order valence-electron chi connectivity index (χ2n) is 9.64. The van der Waals surface area contributed by atoms with Crippen LogP contribution < -0.4 is 15.5 Å². The molecule has 1 saturated heterocycles. The van der Waals surface area contributed by atoms with Gasteiger partial charge >= 0.3 is 0 Å². The van der Waals surface area contributed by atoms with Crippen LogP contribution in [0.25, 0.3) is 0 Å². The fourth-order valence-corrected chi connectivity index (χ4v) is 6.68. The van der Waals surface area contributed by atoms with Crippen molar-refractivity contribution in [1.82, 2.24) is 14.5 Å². The van der Waals surface area contributed by atoms with E-state index >= 15 is 0 Å². The van der Waals surface area contributed by atoms with Gasteiger partial charge in [0.25, 0.3) is 5.91 Å². The first-order chi connectivity index (χ1) is 18.0. The molecule has 1 fully saturated rings. The second-order valence-corrected chi connectivity index (χ2v) is 11.5. The largest absolute Gasteiger partial charge is 0.387 e. The van der Waals surface area contributed by atoms with E-state index in [0.717, 1.165) is 35.2 Å². The number of morpholine rings is 1. The van der Waals surface area contributed by atoms with Gasteiger partial charge in [-0.2, -0.15) is 9.40 Å². The molecule has 1 amide bonds. The number of aromatic amines is 1. The lowest BCUT2D eigenvalue weighted by atomic mass is 10.0. The standard InChI is InChI=1S/C25H28F2N6O4S/c1-25(2)22-20(14-33(25)38(35,36)18-11-15(26)10-16(27)12-18)23(31-30-22)29-24(34)19-5-4-17(13-21(19)28-3)32-6-8-37-9-7-32/h4-5,10-13,28H,6-9,14H2,1-3H3,(H2,29,30,31,34). The molecule has 38 heavy (non-hydrogen) atoms. The fourth-order valence-electron chi connectivity index (χ4n) is 4.91. The van der Waals surface area contributed by atoms with Crippen molar-refractivity contribution in [1.29, 1.82) is 0 Å². The highest BCUT2D eigenvalue weighted by Gasteiger charge is 2.48. The predicted octanol–water partition coefficient (Wildman–Crippen LogP) is 3.26. The fraction of sp³-hybridized carbons (Fsp3) is 0.360. The highest BCUT2D eigenvalue weighted by molar-refractivity contribution is 7.89. The van der Waals surface area contributed by atoms with Crippen LogP contribution in [-0.2, 0) is 26.8 Å². The second kappa shape index (κ2) is 9.64. The number of hydrogen-bond acceptors (Lipinski definition) is 7.